The van der Waals surface area contributed by atoms with E-state index in [1.807, 2.05) is 0 Å². The van der Waals surface area contributed by atoms with Crippen molar-refractivity contribution < 1.29 is 47.9 Å². The lowest BCUT2D eigenvalue weighted by atomic mass is 9.95. The average Bonchev–Trinajstić information content (AvgIpc) is 2.91. The second kappa shape index (κ2) is 15.1. The number of benzene rings is 1. The van der Waals surface area contributed by atoms with Crippen molar-refractivity contribution in [3.63, 3.8) is 0 Å². The fourth-order valence-corrected chi connectivity index (χ4v) is 3.63. The molecule has 0 bridgehead atoms. The molecule has 2 rings (SSSR count). The summed E-state index contributed by atoms with van der Waals surface area (Å²) in [5.41, 5.74) is 0.364. The third-order valence-corrected chi connectivity index (χ3v) is 5.62. The molecule has 1 aliphatic rings. The summed E-state index contributed by atoms with van der Waals surface area (Å²) in [6.45, 7) is 13.0. The van der Waals surface area contributed by atoms with Crippen LogP contribution in [0.2, 0.25) is 0 Å². The quantitative estimate of drug-likeness (QED) is 0.118. The lowest BCUT2D eigenvalue weighted by Gasteiger charge is -2.30. The summed E-state index contributed by atoms with van der Waals surface area (Å²) >= 11 is 0. The lowest BCUT2D eigenvalue weighted by Crippen LogP contribution is -2.37. The fourth-order valence-electron chi connectivity index (χ4n) is 3.63. The van der Waals surface area contributed by atoms with Gasteiger partial charge in [-0.2, -0.15) is 0 Å². The van der Waals surface area contributed by atoms with Gasteiger partial charge in [0.25, 0.3) is 0 Å². The van der Waals surface area contributed by atoms with Crippen LogP contribution in [0.25, 0.3) is 0 Å². The van der Waals surface area contributed by atoms with E-state index in [1.54, 1.807) is 31.2 Å². The molecule has 0 amide bonds. The highest BCUT2D eigenvalue weighted by Crippen LogP contribution is 2.26. The summed E-state index contributed by atoms with van der Waals surface area (Å²) in [7, 11) is 0. The molecule has 1 aromatic rings. The molecule has 1 fully saturated rings. The Labute approximate surface area is 222 Å². The van der Waals surface area contributed by atoms with E-state index < -0.39 is 36.1 Å². The highest BCUT2D eigenvalue weighted by molar-refractivity contribution is 5.89. The highest BCUT2D eigenvalue weighted by Gasteiger charge is 2.27. The summed E-state index contributed by atoms with van der Waals surface area (Å²) in [4.78, 5) is 35.2. The van der Waals surface area contributed by atoms with Gasteiger partial charge >= 0.3 is 17.9 Å². The van der Waals surface area contributed by atoms with Crippen LogP contribution in [0.3, 0.4) is 0 Å². The number of carbonyl (C=O) groups is 3. The Morgan fingerprint density at radius 1 is 1.00 bits per heavy atom. The van der Waals surface area contributed by atoms with Crippen LogP contribution in [0.5, 0.6) is 5.75 Å². The molecule has 0 radical (unpaired) electrons. The smallest absolute Gasteiger partial charge is 0.338 e. The molecule has 10 nitrogen and oxygen atoms in total. The minimum absolute atomic E-state index is 0.0467. The maximum absolute atomic E-state index is 12.6. The molecule has 3 atom stereocenters. The number of esters is 3. The molecule has 0 saturated heterocycles. The number of carbonyl (C=O) groups excluding carboxylic acids is 3. The molecular weight excluding hydrogens is 496 g/mol. The average molecular weight is 533 g/mol. The molecule has 38 heavy (non-hydrogen) atoms. The molecule has 0 aromatic heterocycles. The van der Waals surface area contributed by atoms with Gasteiger partial charge in [0.15, 0.2) is 5.79 Å². The van der Waals surface area contributed by atoms with E-state index in [2.05, 4.69) is 19.7 Å². The Kier molecular flexibility index (Phi) is 12.2. The maximum atomic E-state index is 12.6. The molecule has 1 aromatic carbocycles. The van der Waals surface area contributed by atoms with Crippen molar-refractivity contribution in [1.29, 1.82) is 0 Å². The molecule has 1 saturated carbocycles. The summed E-state index contributed by atoms with van der Waals surface area (Å²) in [6.07, 6.45) is 4.11. The number of rotatable bonds is 15. The molecule has 3 unspecified atom stereocenters. The van der Waals surface area contributed by atoms with Gasteiger partial charge in [0.2, 0.25) is 6.29 Å². The Balaban J connectivity index is 1.82. The zero-order valence-electron chi connectivity index (χ0n) is 21.8. The van der Waals surface area contributed by atoms with Crippen molar-refractivity contribution in [1.82, 2.24) is 0 Å². The maximum Gasteiger partial charge on any atom is 0.338 e. The molecule has 1 N–H and O–H groups in total. The van der Waals surface area contributed by atoms with E-state index in [0.717, 1.165) is 12.2 Å². The van der Waals surface area contributed by atoms with Crippen molar-refractivity contribution in [3.8, 4) is 5.75 Å². The molecule has 10 heteroatoms. The monoisotopic (exact) mass is 532 g/mol. The normalized spacial score (nSPS) is 20.1. The Morgan fingerprint density at radius 2 is 1.61 bits per heavy atom. The number of aliphatic hydroxyl groups is 1. The predicted molar refractivity (Wildman–Crippen MR) is 137 cm³/mol. The van der Waals surface area contributed by atoms with Gasteiger partial charge in [-0.25, -0.2) is 14.4 Å². The number of hydrogen-bond acceptors (Lipinski definition) is 10. The Bertz CT molecular complexity index is 960. The van der Waals surface area contributed by atoms with Crippen LogP contribution in [-0.4, -0.2) is 66.6 Å². The first kappa shape index (κ1) is 30.8. The van der Waals surface area contributed by atoms with E-state index in [4.69, 9.17) is 28.4 Å². The fraction of sp³-hybridized carbons (Fsp3) is 0.464. The zero-order chi connectivity index (χ0) is 28.1. The number of hydrogen-bond donors (Lipinski definition) is 1. The number of ether oxygens (including phenoxy) is 6. The lowest BCUT2D eigenvalue weighted by molar-refractivity contribution is -0.202. The van der Waals surface area contributed by atoms with Gasteiger partial charge in [-0.3, -0.25) is 0 Å². The van der Waals surface area contributed by atoms with Crippen molar-refractivity contribution >= 4 is 17.9 Å². The third kappa shape index (κ3) is 10.9. The molecular formula is C28H36O10. The van der Waals surface area contributed by atoms with Crippen LogP contribution in [0.4, 0.5) is 0 Å². The minimum atomic E-state index is -1.65. The first-order valence-electron chi connectivity index (χ1n) is 12.3. The van der Waals surface area contributed by atoms with Crippen molar-refractivity contribution in [3.05, 3.63) is 67.8 Å². The summed E-state index contributed by atoms with van der Waals surface area (Å²) < 4.78 is 32.6. The highest BCUT2D eigenvalue weighted by atomic mass is 16.7. The molecule has 208 valence electrons. The van der Waals surface area contributed by atoms with Crippen molar-refractivity contribution in [2.45, 2.75) is 69.9 Å². The van der Waals surface area contributed by atoms with Crippen molar-refractivity contribution in [2.24, 2.45) is 0 Å². The summed E-state index contributed by atoms with van der Waals surface area (Å²) in [5, 5.41) is 10.1. The standard InChI is InChI=1S/C28H36O10/c1-6-25(29)34-18-24(38-28(5,32)8-3)17-33-21-11-9-20(10-12-21)27(31)37-23-15-13-22(14-16-23)35-19(4)36-26(30)7-2/h6-12,19,22-24,32H,1-3,13-18H2,4-5H3. The molecule has 0 spiro atoms. The molecule has 0 aliphatic heterocycles. The van der Waals surface area contributed by atoms with E-state index >= 15 is 0 Å². The second-order valence-electron chi connectivity index (χ2n) is 8.82. The summed E-state index contributed by atoms with van der Waals surface area (Å²) in [5.74, 6) is -2.84. The largest absolute Gasteiger partial charge is 0.491 e. The third-order valence-electron chi connectivity index (χ3n) is 5.62. The first-order chi connectivity index (χ1) is 18.0. The topological polar surface area (TPSA) is 127 Å². The van der Waals surface area contributed by atoms with Crippen LogP contribution in [-0.2, 0) is 33.3 Å². The Hall–Kier alpha value is -3.47. The Morgan fingerprint density at radius 3 is 2.18 bits per heavy atom. The van der Waals surface area contributed by atoms with Gasteiger partial charge in [-0.1, -0.05) is 19.7 Å². The van der Waals surface area contributed by atoms with Crippen LogP contribution in [0.15, 0.2) is 62.2 Å². The second-order valence-corrected chi connectivity index (χ2v) is 8.82. The zero-order valence-corrected chi connectivity index (χ0v) is 21.8. The van der Waals surface area contributed by atoms with Gasteiger partial charge in [-0.05, 0) is 69.9 Å². The van der Waals surface area contributed by atoms with Crippen LogP contribution in [0, 0.1) is 0 Å². The van der Waals surface area contributed by atoms with Gasteiger partial charge < -0.3 is 33.5 Å². The molecule has 1 aliphatic carbocycles. The molecule has 0 heterocycles. The van der Waals surface area contributed by atoms with E-state index in [0.29, 0.717) is 37.0 Å². The van der Waals surface area contributed by atoms with E-state index in [-0.39, 0.29) is 25.4 Å². The van der Waals surface area contributed by atoms with Gasteiger partial charge in [0, 0.05) is 12.2 Å². The predicted octanol–water partition coefficient (Wildman–Crippen LogP) is 3.63. The van der Waals surface area contributed by atoms with Gasteiger partial charge in [-0.15, -0.1) is 0 Å². The van der Waals surface area contributed by atoms with Crippen molar-refractivity contribution in [2.75, 3.05) is 13.2 Å². The SMILES string of the molecule is C=CC(=O)OCC(COc1ccc(C(=O)OC2CCC(OC(C)OC(=O)C=C)CC2)cc1)OC(C)(O)C=C. The summed E-state index contributed by atoms with van der Waals surface area (Å²) in [6, 6.07) is 6.36. The van der Waals surface area contributed by atoms with E-state index in [9.17, 15) is 19.5 Å². The van der Waals surface area contributed by atoms with Gasteiger partial charge in [0.05, 0.1) is 11.7 Å². The van der Waals surface area contributed by atoms with Crippen LogP contribution in [0.1, 0.15) is 49.9 Å². The minimum Gasteiger partial charge on any atom is -0.491 e. The van der Waals surface area contributed by atoms with E-state index in [1.165, 1.54) is 13.0 Å². The van der Waals surface area contributed by atoms with Crippen LogP contribution >= 0.6 is 0 Å². The van der Waals surface area contributed by atoms with Gasteiger partial charge in [0.1, 0.15) is 31.2 Å². The first-order valence-corrected chi connectivity index (χ1v) is 12.3. The van der Waals surface area contributed by atoms with Crippen LogP contribution < -0.4 is 4.74 Å².